The molecule has 0 unspecified atom stereocenters. The second kappa shape index (κ2) is 6.28. The number of hydrogen-bond donors (Lipinski definition) is 0. The largest absolute Gasteiger partial charge is 0.270 e. The quantitative estimate of drug-likeness (QED) is 0.532. The summed E-state index contributed by atoms with van der Waals surface area (Å²) in [7, 11) is 0. The number of pyridine rings is 1. The van der Waals surface area contributed by atoms with Crippen LogP contribution in [0.1, 0.15) is 10.6 Å². The molecular weight excluding hydrogens is 298 g/mol. The van der Waals surface area contributed by atoms with Crippen LogP contribution in [0.15, 0.2) is 54.2 Å². The lowest BCUT2D eigenvalue weighted by atomic mass is 10.2. The highest BCUT2D eigenvalue weighted by molar-refractivity contribution is 7.10. The van der Waals surface area contributed by atoms with Crippen LogP contribution in [-0.2, 0) is 0 Å². The molecule has 0 saturated carbocycles. The minimum absolute atomic E-state index is 0.0822. The minimum atomic E-state index is -0.401. The van der Waals surface area contributed by atoms with Crippen LogP contribution in [0.3, 0.4) is 0 Å². The summed E-state index contributed by atoms with van der Waals surface area (Å²) in [5.41, 5.74) is 2.76. The molecule has 0 bridgehead atoms. The molecule has 3 aromatic rings. The molecule has 6 heteroatoms. The third-order valence-electron chi connectivity index (χ3n) is 3.00. The van der Waals surface area contributed by atoms with Gasteiger partial charge >= 0.3 is 0 Å². The van der Waals surface area contributed by atoms with Crippen molar-refractivity contribution >= 4 is 29.2 Å². The predicted octanol–water partition coefficient (Wildman–Crippen LogP) is 4.28. The summed E-state index contributed by atoms with van der Waals surface area (Å²) in [5.74, 6) is 0. The van der Waals surface area contributed by atoms with Crippen LogP contribution in [0.25, 0.3) is 23.4 Å². The highest BCUT2D eigenvalue weighted by Crippen LogP contribution is 2.23. The average molecular weight is 309 g/mol. The molecule has 0 spiro atoms. The zero-order valence-corrected chi connectivity index (χ0v) is 12.2. The van der Waals surface area contributed by atoms with Gasteiger partial charge in [0, 0.05) is 35.5 Å². The fraction of sp³-hybridized carbons (Fsp3) is 0. The summed E-state index contributed by atoms with van der Waals surface area (Å²) in [6.07, 6.45) is 7.14. The van der Waals surface area contributed by atoms with Crippen LogP contribution in [0.5, 0.6) is 0 Å². The maximum absolute atomic E-state index is 10.8. The third-order valence-corrected chi connectivity index (χ3v) is 3.81. The molecule has 22 heavy (non-hydrogen) atoms. The fourth-order valence-corrected chi connectivity index (χ4v) is 2.65. The summed E-state index contributed by atoms with van der Waals surface area (Å²) in [4.78, 5) is 18.9. The Morgan fingerprint density at radius 3 is 2.73 bits per heavy atom. The maximum atomic E-state index is 10.8. The Bertz CT molecular complexity index is 828. The van der Waals surface area contributed by atoms with E-state index in [1.165, 1.54) is 23.5 Å². The number of nitro benzene ring substituents is 1. The second-order valence-electron chi connectivity index (χ2n) is 4.49. The highest BCUT2D eigenvalue weighted by atomic mass is 32.1. The molecule has 0 aliphatic heterocycles. The molecule has 0 amide bonds. The number of aromatic nitrogens is 2. The summed E-state index contributed by atoms with van der Waals surface area (Å²) in [5, 5.41) is 13.6. The zero-order valence-electron chi connectivity index (χ0n) is 11.4. The third kappa shape index (κ3) is 3.24. The van der Waals surface area contributed by atoms with Crippen molar-refractivity contribution in [1.29, 1.82) is 0 Å². The van der Waals surface area contributed by atoms with E-state index >= 15 is 0 Å². The van der Waals surface area contributed by atoms with Crippen molar-refractivity contribution < 1.29 is 4.92 Å². The van der Waals surface area contributed by atoms with Gasteiger partial charge in [-0.3, -0.25) is 15.1 Å². The van der Waals surface area contributed by atoms with E-state index < -0.39 is 4.92 Å². The fourth-order valence-electron chi connectivity index (χ4n) is 1.93. The first-order valence-corrected chi connectivity index (χ1v) is 7.39. The summed E-state index contributed by atoms with van der Waals surface area (Å²) < 4.78 is 0. The molecule has 0 saturated heterocycles. The Kier molecular flexibility index (Phi) is 4.02. The van der Waals surface area contributed by atoms with Crippen molar-refractivity contribution in [2.45, 2.75) is 0 Å². The van der Waals surface area contributed by atoms with E-state index in [-0.39, 0.29) is 5.69 Å². The summed E-state index contributed by atoms with van der Waals surface area (Å²) >= 11 is 1.52. The SMILES string of the molecule is O=[N+]([O-])c1cccc(/C=C/c2nc(-c3ccncc3)cs2)c1. The normalized spacial score (nSPS) is 10.9. The monoisotopic (exact) mass is 309 g/mol. The van der Waals surface area contributed by atoms with E-state index in [1.54, 1.807) is 18.5 Å². The van der Waals surface area contributed by atoms with Gasteiger partial charge in [-0.2, -0.15) is 0 Å². The minimum Gasteiger partial charge on any atom is -0.265 e. The van der Waals surface area contributed by atoms with Gasteiger partial charge in [0.05, 0.1) is 10.6 Å². The van der Waals surface area contributed by atoms with Crippen LogP contribution in [0.4, 0.5) is 5.69 Å². The van der Waals surface area contributed by atoms with Gasteiger partial charge in [0.25, 0.3) is 5.69 Å². The number of rotatable bonds is 4. The topological polar surface area (TPSA) is 68.9 Å². The Labute approximate surface area is 130 Å². The number of nitro groups is 1. The maximum Gasteiger partial charge on any atom is 0.270 e. The molecule has 0 radical (unpaired) electrons. The molecule has 0 atom stereocenters. The van der Waals surface area contributed by atoms with Gasteiger partial charge in [-0.15, -0.1) is 11.3 Å². The van der Waals surface area contributed by atoms with E-state index in [0.29, 0.717) is 0 Å². The first kappa shape index (κ1) is 14.1. The van der Waals surface area contributed by atoms with Crippen molar-refractivity contribution in [2.75, 3.05) is 0 Å². The first-order valence-electron chi connectivity index (χ1n) is 6.51. The lowest BCUT2D eigenvalue weighted by Gasteiger charge is -1.94. The van der Waals surface area contributed by atoms with Gasteiger partial charge in [0.15, 0.2) is 0 Å². The van der Waals surface area contributed by atoms with E-state index in [1.807, 2.05) is 35.7 Å². The number of benzene rings is 1. The first-order chi connectivity index (χ1) is 10.7. The molecule has 5 nitrogen and oxygen atoms in total. The summed E-state index contributed by atoms with van der Waals surface area (Å²) in [6.45, 7) is 0. The van der Waals surface area contributed by atoms with Gasteiger partial charge < -0.3 is 0 Å². The van der Waals surface area contributed by atoms with Crippen molar-refractivity contribution in [3.8, 4) is 11.3 Å². The van der Waals surface area contributed by atoms with Crippen molar-refractivity contribution in [1.82, 2.24) is 9.97 Å². The lowest BCUT2D eigenvalue weighted by molar-refractivity contribution is -0.384. The van der Waals surface area contributed by atoms with Gasteiger partial charge in [0.2, 0.25) is 0 Å². The van der Waals surface area contributed by atoms with E-state index in [9.17, 15) is 10.1 Å². The number of non-ortho nitro benzene ring substituents is 1. The van der Waals surface area contributed by atoms with Crippen molar-refractivity contribution in [2.24, 2.45) is 0 Å². The van der Waals surface area contributed by atoms with Gasteiger partial charge in [-0.1, -0.05) is 18.2 Å². The highest BCUT2D eigenvalue weighted by Gasteiger charge is 2.04. The van der Waals surface area contributed by atoms with Crippen molar-refractivity contribution in [3.63, 3.8) is 0 Å². The second-order valence-corrected chi connectivity index (χ2v) is 5.38. The molecule has 0 aliphatic rings. The molecule has 0 aliphatic carbocycles. The van der Waals surface area contributed by atoms with E-state index in [2.05, 4.69) is 9.97 Å². The Balaban J connectivity index is 1.80. The molecule has 0 N–H and O–H groups in total. The van der Waals surface area contributed by atoms with Gasteiger partial charge in [-0.05, 0) is 23.8 Å². The molecule has 3 rings (SSSR count). The predicted molar refractivity (Wildman–Crippen MR) is 87.4 cm³/mol. The van der Waals surface area contributed by atoms with Crippen LogP contribution in [-0.4, -0.2) is 14.9 Å². The van der Waals surface area contributed by atoms with Crippen LogP contribution in [0, 0.1) is 10.1 Å². The smallest absolute Gasteiger partial charge is 0.265 e. The van der Waals surface area contributed by atoms with Gasteiger partial charge in [-0.25, -0.2) is 4.98 Å². The number of nitrogens with zero attached hydrogens (tertiary/aromatic N) is 3. The lowest BCUT2D eigenvalue weighted by Crippen LogP contribution is -1.87. The van der Waals surface area contributed by atoms with Gasteiger partial charge in [0.1, 0.15) is 5.01 Å². The number of hydrogen-bond acceptors (Lipinski definition) is 5. The van der Waals surface area contributed by atoms with Crippen molar-refractivity contribution in [3.05, 3.63) is 74.9 Å². The Hall–Kier alpha value is -2.86. The molecule has 108 valence electrons. The van der Waals surface area contributed by atoms with Crippen LogP contribution < -0.4 is 0 Å². The zero-order chi connectivity index (χ0) is 15.4. The average Bonchev–Trinajstić information content (AvgIpc) is 3.03. The summed E-state index contributed by atoms with van der Waals surface area (Å²) in [6, 6.07) is 10.3. The molecule has 2 aromatic heterocycles. The molecule has 2 heterocycles. The van der Waals surface area contributed by atoms with Crippen LogP contribution >= 0.6 is 11.3 Å². The molecule has 1 aromatic carbocycles. The Morgan fingerprint density at radius 2 is 1.95 bits per heavy atom. The standard InChI is InChI=1S/C16H11N3O2S/c20-19(21)14-3-1-2-12(10-14)4-5-16-18-15(11-22-16)13-6-8-17-9-7-13/h1-11H/b5-4+. The van der Waals surface area contributed by atoms with E-state index in [0.717, 1.165) is 21.8 Å². The molecular formula is C16H11N3O2S. The number of thiazole rings is 1. The van der Waals surface area contributed by atoms with Crippen LogP contribution in [0.2, 0.25) is 0 Å². The Morgan fingerprint density at radius 1 is 1.14 bits per heavy atom. The van der Waals surface area contributed by atoms with E-state index in [4.69, 9.17) is 0 Å². The molecule has 0 fully saturated rings.